The first-order valence-electron chi connectivity index (χ1n) is 7.60. The van der Waals surface area contributed by atoms with Crippen LogP contribution in [0.15, 0.2) is 42.7 Å². The number of carbonyl (C=O) groups excluding carboxylic acids is 2. The molecule has 2 amide bonds. The van der Waals surface area contributed by atoms with Crippen molar-refractivity contribution in [1.82, 2.24) is 10.0 Å². The molecule has 1 aromatic heterocycles. The minimum atomic E-state index is -0.612. The Balaban J connectivity index is 1.78. The average Bonchev–Trinajstić information content (AvgIpc) is 2.62. The van der Waals surface area contributed by atoms with Crippen LogP contribution in [0.2, 0.25) is 0 Å². The molecule has 1 aromatic carbocycles. The van der Waals surface area contributed by atoms with E-state index >= 15 is 0 Å². The molecule has 1 N–H and O–H groups in total. The summed E-state index contributed by atoms with van der Waals surface area (Å²) in [5, 5.41) is 3.79. The van der Waals surface area contributed by atoms with Crippen LogP contribution in [0.25, 0.3) is 0 Å². The molecule has 2 heterocycles. The summed E-state index contributed by atoms with van der Waals surface area (Å²) < 4.78 is 13.8. The van der Waals surface area contributed by atoms with Crippen LogP contribution < -0.4 is 5.32 Å². The molecule has 1 aliphatic rings. The number of hydrogen-bond acceptors (Lipinski definition) is 4. The summed E-state index contributed by atoms with van der Waals surface area (Å²) in [7, 11) is 0. The van der Waals surface area contributed by atoms with Gasteiger partial charge in [0.1, 0.15) is 5.82 Å². The van der Waals surface area contributed by atoms with Crippen molar-refractivity contribution in [2.24, 2.45) is 0 Å². The standard InChI is InChI=1S/C17H16FN3O3/c18-14-8-13(17(23)21-6-1-2-7-24-21)9-15(10-14)20-16(22)12-4-3-5-19-11-12/h3-5,8-11H,1-2,6-7H2,(H,20,22). The zero-order valence-electron chi connectivity index (χ0n) is 12.9. The number of nitrogens with one attached hydrogen (secondary N) is 1. The minimum Gasteiger partial charge on any atom is -0.322 e. The van der Waals surface area contributed by atoms with Gasteiger partial charge in [0.25, 0.3) is 11.8 Å². The quantitative estimate of drug-likeness (QED) is 0.940. The van der Waals surface area contributed by atoms with Crippen LogP contribution in [-0.4, -0.2) is 35.0 Å². The fourth-order valence-corrected chi connectivity index (χ4v) is 2.39. The largest absolute Gasteiger partial charge is 0.322 e. The molecule has 0 saturated carbocycles. The van der Waals surface area contributed by atoms with Crippen molar-refractivity contribution in [3.8, 4) is 0 Å². The lowest BCUT2D eigenvalue weighted by Crippen LogP contribution is -2.35. The fourth-order valence-electron chi connectivity index (χ4n) is 2.39. The molecule has 0 aliphatic carbocycles. The van der Waals surface area contributed by atoms with Gasteiger partial charge < -0.3 is 5.32 Å². The highest BCUT2D eigenvalue weighted by atomic mass is 19.1. The van der Waals surface area contributed by atoms with E-state index < -0.39 is 17.6 Å². The van der Waals surface area contributed by atoms with Crippen LogP contribution in [0.5, 0.6) is 0 Å². The van der Waals surface area contributed by atoms with Crippen molar-refractivity contribution >= 4 is 17.5 Å². The Morgan fingerprint density at radius 3 is 2.79 bits per heavy atom. The van der Waals surface area contributed by atoms with Gasteiger partial charge >= 0.3 is 0 Å². The second kappa shape index (κ2) is 7.18. The van der Waals surface area contributed by atoms with E-state index in [0.717, 1.165) is 25.0 Å². The molecule has 0 spiro atoms. The van der Waals surface area contributed by atoms with Gasteiger partial charge in [0, 0.05) is 30.2 Å². The smallest absolute Gasteiger partial charge is 0.277 e. The summed E-state index contributed by atoms with van der Waals surface area (Å²) >= 11 is 0. The van der Waals surface area contributed by atoms with Crippen molar-refractivity contribution in [3.63, 3.8) is 0 Å². The van der Waals surface area contributed by atoms with E-state index in [1.165, 1.54) is 17.3 Å². The Bertz CT molecular complexity index is 746. The topological polar surface area (TPSA) is 71.5 Å². The number of hydrogen-bond donors (Lipinski definition) is 1. The fraction of sp³-hybridized carbons (Fsp3) is 0.235. The van der Waals surface area contributed by atoms with Crippen molar-refractivity contribution in [1.29, 1.82) is 0 Å². The third-order valence-electron chi connectivity index (χ3n) is 3.56. The monoisotopic (exact) mass is 329 g/mol. The normalized spacial score (nSPS) is 14.3. The van der Waals surface area contributed by atoms with Crippen molar-refractivity contribution < 1.29 is 18.8 Å². The second-order valence-electron chi connectivity index (χ2n) is 5.37. The van der Waals surface area contributed by atoms with Gasteiger partial charge in [-0.15, -0.1) is 0 Å². The number of pyridine rings is 1. The van der Waals surface area contributed by atoms with Crippen LogP contribution in [0.1, 0.15) is 33.6 Å². The molecule has 7 heteroatoms. The zero-order valence-corrected chi connectivity index (χ0v) is 12.9. The van der Waals surface area contributed by atoms with Gasteiger partial charge in [-0.1, -0.05) is 0 Å². The molecule has 124 valence electrons. The zero-order chi connectivity index (χ0) is 16.9. The molecule has 3 rings (SSSR count). The molecular formula is C17H16FN3O3. The number of benzene rings is 1. The lowest BCUT2D eigenvalue weighted by Gasteiger charge is -2.26. The lowest BCUT2D eigenvalue weighted by molar-refractivity contribution is -0.144. The SMILES string of the molecule is O=C(Nc1cc(F)cc(C(=O)N2CCCCO2)c1)c1cccnc1. The van der Waals surface area contributed by atoms with E-state index in [4.69, 9.17) is 4.84 Å². The minimum absolute atomic E-state index is 0.124. The number of anilines is 1. The molecule has 6 nitrogen and oxygen atoms in total. The highest BCUT2D eigenvalue weighted by Gasteiger charge is 2.21. The summed E-state index contributed by atoms with van der Waals surface area (Å²) in [5.74, 6) is -1.47. The molecule has 0 atom stereocenters. The maximum Gasteiger partial charge on any atom is 0.277 e. The van der Waals surface area contributed by atoms with E-state index in [-0.39, 0.29) is 11.3 Å². The third kappa shape index (κ3) is 3.75. The number of hydroxylamine groups is 2. The molecule has 0 unspecified atom stereocenters. The van der Waals surface area contributed by atoms with Crippen molar-refractivity contribution in [2.45, 2.75) is 12.8 Å². The lowest BCUT2D eigenvalue weighted by atomic mass is 10.1. The maximum atomic E-state index is 13.8. The first kappa shape index (κ1) is 16.1. The maximum absolute atomic E-state index is 13.8. The summed E-state index contributed by atoms with van der Waals surface area (Å²) in [4.78, 5) is 33.6. The Morgan fingerprint density at radius 2 is 2.08 bits per heavy atom. The molecule has 0 bridgehead atoms. The van der Waals surface area contributed by atoms with Gasteiger partial charge in [0.2, 0.25) is 0 Å². The molecule has 1 aliphatic heterocycles. The number of amides is 2. The van der Waals surface area contributed by atoms with Crippen LogP contribution >= 0.6 is 0 Å². The molecule has 0 radical (unpaired) electrons. The third-order valence-corrected chi connectivity index (χ3v) is 3.56. The van der Waals surface area contributed by atoms with Crippen molar-refractivity contribution in [3.05, 3.63) is 59.7 Å². The second-order valence-corrected chi connectivity index (χ2v) is 5.37. The first-order valence-corrected chi connectivity index (χ1v) is 7.60. The van der Waals surface area contributed by atoms with Crippen LogP contribution in [0, 0.1) is 5.82 Å². The molecule has 24 heavy (non-hydrogen) atoms. The van der Waals surface area contributed by atoms with Gasteiger partial charge in [-0.2, -0.15) is 0 Å². The molecule has 2 aromatic rings. The van der Waals surface area contributed by atoms with Gasteiger partial charge in [0.05, 0.1) is 12.2 Å². The van der Waals surface area contributed by atoms with Crippen molar-refractivity contribution in [2.75, 3.05) is 18.5 Å². The highest BCUT2D eigenvalue weighted by molar-refractivity contribution is 6.04. The average molecular weight is 329 g/mol. The Kier molecular flexibility index (Phi) is 4.81. The predicted octanol–water partition coefficient (Wildman–Crippen LogP) is 2.64. The number of aromatic nitrogens is 1. The van der Waals surface area contributed by atoms with E-state index in [1.807, 2.05) is 0 Å². The van der Waals surface area contributed by atoms with E-state index in [1.54, 1.807) is 18.3 Å². The van der Waals surface area contributed by atoms with Gasteiger partial charge in [-0.05, 0) is 43.2 Å². The van der Waals surface area contributed by atoms with Gasteiger partial charge in [0.15, 0.2) is 0 Å². The number of carbonyl (C=O) groups is 2. The van der Waals surface area contributed by atoms with Gasteiger partial charge in [-0.3, -0.25) is 19.4 Å². The van der Waals surface area contributed by atoms with Crippen LogP contribution in [-0.2, 0) is 4.84 Å². The highest BCUT2D eigenvalue weighted by Crippen LogP contribution is 2.18. The van der Waals surface area contributed by atoms with E-state index in [9.17, 15) is 14.0 Å². The van der Waals surface area contributed by atoms with E-state index in [0.29, 0.717) is 18.7 Å². The van der Waals surface area contributed by atoms with Gasteiger partial charge in [-0.25, -0.2) is 9.45 Å². The predicted molar refractivity (Wildman–Crippen MR) is 84.8 cm³/mol. The summed E-state index contributed by atoms with van der Waals surface area (Å²) in [6, 6.07) is 6.93. The summed E-state index contributed by atoms with van der Waals surface area (Å²) in [5.41, 5.74) is 0.664. The van der Waals surface area contributed by atoms with Crippen LogP contribution in [0.3, 0.4) is 0 Å². The Hall–Kier alpha value is -2.80. The molecule has 1 fully saturated rings. The molecular weight excluding hydrogens is 313 g/mol. The number of nitrogens with zero attached hydrogens (tertiary/aromatic N) is 2. The Morgan fingerprint density at radius 1 is 1.21 bits per heavy atom. The summed E-state index contributed by atoms with van der Waals surface area (Å²) in [6.45, 7) is 0.929. The molecule has 1 saturated heterocycles. The number of rotatable bonds is 3. The van der Waals surface area contributed by atoms with E-state index in [2.05, 4.69) is 10.3 Å². The summed E-state index contributed by atoms with van der Waals surface area (Å²) in [6.07, 6.45) is 4.68. The van der Waals surface area contributed by atoms with Crippen LogP contribution in [0.4, 0.5) is 10.1 Å². The number of halogens is 1. The Labute approximate surface area is 138 Å². The first-order chi connectivity index (χ1) is 11.6.